The summed E-state index contributed by atoms with van der Waals surface area (Å²) in [4.78, 5) is 0. The highest BCUT2D eigenvalue weighted by molar-refractivity contribution is 6.63. The summed E-state index contributed by atoms with van der Waals surface area (Å²) in [5.74, 6) is 0. The fraction of sp³-hybridized carbons (Fsp3) is 0.480. The maximum absolute atomic E-state index is 6.81. The molecule has 2 saturated heterocycles. The van der Waals surface area contributed by atoms with Gasteiger partial charge in [-0.15, -0.1) is 0 Å². The van der Waals surface area contributed by atoms with Crippen molar-refractivity contribution in [2.24, 2.45) is 0 Å². The molecule has 0 spiro atoms. The molecule has 184 valence electrons. The maximum Gasteiger partial charge on any atom is 0.494 e. The van der Waals surface area contributed by atoms with Gasteiger partial charge in [0, 0.05) is 5.39 Å². The summed E-state index contributed by atoms with van der Waals surface area (Å²) in [7, 11) is -0.979. The number of aromatic nitrogens is 2. The van der Waals surface area contributed by atoms with Crippen LogP contribution in [0.2, 0.25) is 10.2 Å². The third-order valence-corrected chi connectivity index (χ3v) is 8.55. The molecule has 0 amide bonds. The van der Waals surface area contributed by atoms with Crippen molar-refractivity contribution in [1.82, 2.24) is 9.78 Å². The fourth-order valence-corrected chi connectivity index (χ4v) is 4.73. The molecule has 0 bridgehead atoms. The van der Waals surface area contributed by atoms with E-state index in [0.29, 0.717) is 15.9 Å². The van der Waals surface area contributed by atoms with Gasteiger partial charge in [-0.3, -0.25) is 0 Å². The normalized spacial score (nSPS) is 22.3. The van der Waals surface area contributed by atoms with Crippen molar-refractivity contribution in [2.45, 2.75) is 77.8 Å². The van der Waals surface area contributed by atoms with Crippen LogP contribution in [0.3, 0.4) is 0 Å². The van der Waals surface area contributed by atoms with E-state index >= 15 is 0 Å². The van der Waals surface area contributed by atoms with Crippen LogP contribution in [0.5, 0.6) is 0 Å². The first kappa shape index (κ1) is 25.1. The van der Waals surface area contributed by atoms with E-state index < -0.39 is 36.6 Å². The average Bonchev–Trinajstić information content (AvgIpc) is 3.27. The molecule has 0 saturated carbocycles. The average molecular weight is 515 g/mol. The minimum absolute atomic E-state index is 0.424. The molecule has 10 heteroatoms. The van der Waals surface area contributed by atoms with Crippen molar-refractivity contribution in [3.05, 3.63) is 46.6 Å². The Morgan fingerprint density at radius 1 is 0.686 bits per heavy atom. The van der Waals surface area contributed by atoms with Crippen LogP contribution in [0, 0.1) is 0 Å². The number of benzene rings is 2. The van der Waals surface area contributed by atoms with Crippen molar-refractivity contribution in [3.63, 3.8) is 0 Å². The topological polar surface area (TPSA) is 54.7 Å². The van der Waals surface area contributed by atoms with E-state index in [4.69, 9.17) is 46.9 Å². The maximum atomic E-state index is 6.81. The lowest BCUT2D eigenvalue weighted by Crippen LogP contribution is -2.41. The first-order chi connectivity index (χ1) is 16.1. The lowest BCUT2D eigenvalue weighted by molar-refractivity contribution is 0.00578. The molecule has 2 aliphatic rings. The second-order valence-electron chi connectivity index (χ2n) is 11.4. The van der Waals surface area contributed by atoms with Crippen molar-refractivity contribution in [3.8, 4) is 5.69 Å². The van der Waals surface area contributed by atoms with E-state index in [1.54, 1.807) is 4.68 Å². The van der Waals surface area contributed by atoms with Gasteiger partial charge in [0.25, 0.3) is 0 Å². The Balaban J connectivity index is 1.46. The van der Waals surface area contributed by atoms with Crippen LogP contribution >= 0.6 is 23.2 Å². The minimum Gasteiger partial charge on any atom is -0.399 e. The number of rotatable bonds is 3. The highest BCUT2D eigenvalue weighted by Crippen LogP contribution is 2.38. The van der Waals surface area contributed by atoms with E-state index in [2.05, 4.69) is 0 Å². The first-order valence-electron chi connectivity index (χ1n) is 11.8. The van der Waals surface area contributed by atoms with Crippen molar-refractivity contribution in [1.29, 1.82) is 0 Å². The highest BCUT2D eigenvalue weighted by Gasteiger charge is 2.52. The number of nitrogens with zero attached hydrogens (tertiary/aromatic N) is 2. The van der Waals surface area contributed by atoms with Crippen molar-refractivity contribution in [2.75, 3.05) is 0 Å². The lowest BCUT2D eigenvalue weighted by atomic mass is 9.79. The number of hydrogen-bond acceptors (Lipinski definition) is 5. The van der Waals surface area contributed by atoms with E-state index in [9.17, 15) is 0 Å². The SMILES string of the molecule is CC1(C)OB(c2ccc(-n3nc4ccc(B5OC(C)(C)C(C)(C)O5)cc4c3Cl)c(Cl)c2)OC1(C)C. The molecular formula is C25H30B2Cl2N2O4. The predicted octanol–water partition coefficient (Wildman–Crippen LogP) is 4.93. The first-order valence-corrected chi connectivity index (χ1v) is 12.6. The monoisotopic (exact) mass is 514 g/mol. The zero-order valence-corrected chi connectivity index (χ0v) is 22.9. The van der Waals surface area contributed by atoms with E-state index in [0.717, 1.165) is 21.8 Å². The van der Waals surface area contributed by atoms with Crippen LogP contribution in [-0.2, 0) is 18.6 Å². The van der Waals surface area contributed by atoms with Crippen LogP contribution in [0.15, 0.2) is 36.4 Å². The van der Waals surface area contributed by atoms with Gasteiger partial charge in [0.05, 0.1) is 38.6 Å². The summed E-state index contributed by atoms with van der Waals surface area (Å²) in [6.45, 7) is 16.2. The molecule has 35 heavy (non-hydrogen) atoms. The molecule has 6 nitrogen and oxygen atoms in total. The second-order valence-corrected chi connectivity index (χ2v) is 12.1. The van der Waals surface area contributed by atoms with Gasteiger partial charge >= 0.3 is 14.2 Å². The smallest absolute Gasteiger partial charge is 0.399 e. The molecule has 3 heterocycles. The minimum atomic E-state index is -0.499. The third-order valence-electron chi connectivity index (χ3n) is 7.89. The zero-order chi connectivity index (χ0) is 25.6. The Labute approximate surface area is 217 Å². The Hall–Kier alpha value is -1.54. The Morgan fingerprint density at radius 2 is 1.14 bits per heavy atom. The zero-order valence-electron chi connectivity index (χ0n) is 21.4. The number of fused-ring (bicyclic) bond motifs is 1. The van der Waals surface area contributed by atoms with Gasteiger partial charge in [0.15, 0.2) is 0 Å². The molecule has 2 fully saturated rings. The fourth-order valence-electron chi connectivity index (χ4n) is 4.18. The molecule has 1 aromatic heterocycles. The van der Waals surface area contributed by atoms with Gasteiger partial charge in [-0.25, -0.2) is 4.68 Å². The van der Waals surface area contributed by atoms with Gasteiger partial charge in [-0.2, -0.15) is 5.10 Å². The van der Waals surface area contributed by atoms with Gasteiger partial charge in [0.1, 0.15) is 5.15 Å². The summed E-state index contributed by atoms with van der Waals surface area (Å²) in [5.41, 5.74) is 1.45. The van der Waals surface area contributed by atoms with E-state index in [1.165, 1.54) is 0 Å². The standard InChI is InChI=1S/C25H30B2Cl2N2O4/c1-22(2)23(3,4)33-26(32-22)15-9-11-19-17(13-15)21(29)31(30-19)20-12-10-16(14-18(20)28)27-34-24(5,6)25(7,8)35-27/h9-14H,1-8H3. The molecule has 0 N–H and O–H groups in total. The summed E-state index contributed by atoms with van der Waals surface area (Å²) < 4.78 is 26.4. The van der Waals surface area contributed by atoms with Crippen molar-refractivity contribution >= 4 is 59.3 Å². The third kappa shape index (κ3) is 4.03. The van der Waals surface area contributed by atoms with E-state index in [-0.39, 0.29) is 0 Å². The molecule has 5 rings (SSSR count). The quantitative estimate of drug-likeness (QED) is 0.464. The van der Waals surface area contributed by atoms with Gasteiger partial charge in [-0.1, -0.05) is 35.3 Å². The Morgan fingerprint density at radius 3 is 1.63 bits per heavy atom. The van der Waals surface area contributed by atoms with E-state index in [1.807, 2.05) is 91.8 Å². The Kier molecular flexibility index (Phi) is 5.73. The molecule has 2 aliphatic heterocycles. The highest BCUT2D eigenvalue weighted by atomic mass is 35.5. The number of halogens is 2. The summed E-state index contributed by atoms with van der Waals surface area (Å²) in [6.07, 6.45) is 0. The van der Waals surface area contributed by atoms with Crippen LogP contribution in [-0.4, -0.2) is 46.4 Å². The second kappa shape index (κ2) is 7.98. The molecular weight excluding hydrogens is 485 g/mol. The Bertz CT molecular complexity index is 1290. The summed E-state index contributed by atoms with van der Waals surface area (Å²) >= 11 is 13.5. The molecule has 2 aromatic carbocycles. The van der Waals surface area contributed by atoms with Crippen LogP contribution in [0.4, 0.5) is 0 Å². The number of hydrogen-bond donors (Lipinski definition) is 0. The van der Waals surface area contributed by atoms with Crippen LogP contribution in [0.1, 0.15) is 55.4 Å². The van der Waals surface area contributed by atoms with Gasteiger partial charge in [-0.05, 0) is 90.6 Å². The molecule has 0 aliphatic carbocycles. The lowest BCUT2D eigenvalue weighted by Gasteiger charge is -2.32. The summed E-state index contributed by atoms with van der Waals surface area (Å²) in [6, 6.07) is 11.5. The van der Waals surface area contributed by atoms with Gasteiger partial charge in [0.2, 0.25) is 0 Å². The molecule has 0 radical (unpaired) electrons. The predicted molar refractivity (Wildman–Crippen MR) is 143 cm³/mol. The van der Waals surface area contributed by atoms with Crippen LogP contribution < -0.4 is 10.9 Å². The summed E-state index contributed by atoms with van der Waals surface area (Å²) in [5, 5.41) is 6.45. The van der Waals surface area contributed by atoms with Gasteiger partial charge < -0.3 is 18.6 Å². The largest absolute Gasteiger partial charge is 0.494 e. The molecule has 3 aromatic rings. The molecule has 0 atom stereocenters. The van der Waals surface area contributed by atoms with Crippen molar-refractivity contribution < 1.29 is 18.6 Å². The van der Waals surface area contributed by atoms with Crippen LogP contribution in [0.25, 0.3) is 16.6 Å². The molecule has 0 unspecified atom stereocenters.